The van der Waals surface area contributed by atoms with Crippen molar-refractivity contribution in [1.82, 2.24) is 4.90 Å². The molecule has 2 aliphatic heterocycles. The number of likely N-dealkylation sites (N-methyl/N-ethyl adjacent to an activating group) is 1. The van der Waals surface area contributed by atoms with E-state index in [9.17, 15) is 4.79 Å². The number of hydrogen-bond acceptors (Lipinski definition) is 5. The number of rotatable bonds is 5. The second-order valence-electron chi connectivity index (χ2n) is 9.31. The smallest absolute Gasteiger partial charge is 0.257 e. The number of fused-ring (bicyclic) bond motifs is 1. The summed E-state index contributed by atoms with van der Waals surface area (Å²) in [5.74, 6) is -0.150. The van der Waals surface area contributed by atoms with Crippen molar-refractivity contribution in [2.24, 2.45) is 9.98 Å². The van der Waals surface area contributed by atoms with Crippen molar-refractivity contribution in [3.8, 4) is 11.1 Å². The van der Waals surface area contributed by atoms with Gasteiger partial charge in [-0.2, -0.15) is 0 Å². The van der Waals surface area contributed by atoms with E-state index in [1.807, 2.05) is 24.3 Å². The Bertz CT molecular complexity index is 1350. The van der Waals surface area contributed by atoms with Crippen LogP contribution in [0.4, 0.5) is 11.4 Å². The highest BCUT2D eigenvalue weighted by molar-refractivity contribution is 6.04. The van der Waals surface area contributed by atoms with Gasteiger partial charge in [-0.3, -0.25) is 14.8 Å². The third kappa shape index (κ3) is 4.71. The van der Waals surface area contributed by atoms with Gasteiger partial charge in [-0.05, 0) is 61.3 Å². The van der Waals surface area contributed by atoms with Crippen LogP contribution in [0.5, 0.6) is 0 Å². The van der Waals surface area contributed by atoms with Crippen molar-refractivity contribution < 1.29 is 4.79 Å². The maximum Gasteiger partial charge on any atom is 0.257 e. The van der Waals surface area contributed by atoms with E-state index in [0.29, 0.717) is 24.0 Å². The van der Waals surface area contributed by atoms with Crippen LogP contribution in [-0.2, 0) is 0 Å². The van der Waals surface area contributed by atoms with E-state index in [2.05, 4.69) is 66.2 Å². The van der Waals surface area contributed by atoms with Crippen LogP contribution in [0.2, 0.25) is 0 Å². The highest BCUT2D eigenvalue weighted by Crippen LogP contribution is 2.25. The molecule has 1 saturated heterocycles. The lowest BCUT2D eigenvalue weighted by Gasteiger charge is -2.35. The van der Waals surface area contributed by atoms with E-state index in [0.717, 1.165) is 55.0 Å². The summed E-state index contributed by atoms with van der Waals surface area (Å²) in [6.07, 6.45) is 0. The average molecular weight is 468 g/mol. The fraction of sp³-hybridized carbons (Fsp3) is 0.345. The number of amides is 1. The molecular weight excluding hydrogens is 434 g/mol. The number of carbonyl (C=O) groups excluding carboxylic acids is 1. The van der Waals surface area contributed by atoms with Gasteiger partial charge in [-0.1, -0.05) is 37.3 Å². The van der Waals surface area contributed by atoms with Crippen LogP contribution in [-0.4, -0.2) is 56.6 Å². The molecule has 0 spiro atoms. The van der Waals surface area contributed by atoms with Crippen LogP contribution >= 0.6 is 0 Å². The number of benzene rings is 3. The molecule has 1 N–H and O–H groups in total. The van der Waals surface area contributed by atoms with E-state index in [1.54, 1.807) is 0 Å². The molecule has 3 aromatic rings. The van der Waals surface area contributed by atoms with Gasteiger partial charge >= 0.3 is 0 Å². The Morgan fingerprint density at radius 2 is 1.57 bits per heavy atom. The van der Waals surface area contributed by atoms with E-state index in [1.165, 1.54) is 16.7 Å². The van der Waals surface area contributed by atoms with Crippen LogP contribution in [0.3, 0.4) is 0 Å². The standard InChI is InChI=1S/C29H33N5O/c1-4-33-15-17-34(18-16-33)23-10-6-9-22(19-23)32-29(35)25-12-11-24(27-28(25)31-14-13-30-27)26-20(2)7-5-8-21(26)3/h5-12,19H,4,13-18H2,1-3H3,(H,32,35). The van der Waals surface area contributed by atoms with E-state index >= 15 is 0 Å². The van der Waals surface area contributed by atoms with Gasteiger partial charge in [0.25, 0.3) is 5.91 Å². The lowest BCUT2D eigenvalue weighted by Crippen LogP contribution is -2.46. The van der Waals surface area contributed by atoms with Crippen molar-refractivity contribution in [3.63, 3.8) is 0 Å². The van der Waals surface area contributed by atoms with Crippen molar-refractivity contribution in [1.29, 1.82) is 0 Å². The molecule has 0 atom stereocenters. The summed E-state index contributed by atoms with van der Waals surface area (Å²) in [4.78, 5) is 27.8. The van der Waals surface area contributed by atoms with Crippen molar-refractivity contribution in [3.05, 3.63) is 82.0 Å². The SMILES string of the molecule is CCN1CCN(c2cccc(NC(=O)c3ccc(-c4c(C)cccc4C)c4c3=NCCN=4)c2)CC1. The summed E-state index contributed by atoms with van der Waals surface area (Å²) in [5, 5.41) is 4.63. The molecule has 5 rings (SSSR count). The molecule has 180 valence electrons. The molecule has 0 unspecified atom stereocenters. The monoisotopic (exact) mass is 467 g/mol. The minimum Gasteiger partial charge on any atom is -0.369 e. The maximum absolute atomic E-state index is 13.4. The molecule has 0 aromatic heterocycles. The lowest BCUT2D eigenvalue weighted by molar-refractivity contribution is 0.102. The van der Waals surface area contributed by atoms with Crippen LogP contribution in [0.15, 0.2) is 64.6 Å². The fourth-order valence-corrected chi connectivity index (χ4v) is 5.15. The van der Waals surface area contributed by atoms with Gasteiger partial charge in [0.05, 0.1) is 29.4 Å². The Kier molecular flexibility index (Phi) is 6.64. The predicted molar refractivity (Wildman–Crippen MR) is 142 cm³/mol. The number of nitrogens with one attached hydrogen (secondary N) is 1. The van der Waals surface area contributed by atoms with Crippen molar-refractivity contribution in [2.45, 2.75) is 20.8 Å². The van der Waals surface area contributed by atoms with Gasteiger partial charge in [0.1, 0.15) is 0 Å². The van der Waals surface area contributed by atoms with E-state index in [4.69, 9.17) is 9.98 Å². The number of aryl methyl sites for hydroxylation is 2. The maximum atomic E-state index is 13.4. The van der Waals surface area contributed by atoms with Crippen LogP contribution < -0.4 is 20.9 Å². The molecule has 6 nitrogen and oxygen atoms in total. The minimum atomic E-state index is -0.150. The summed E-state index contributed by atoms with van der Waals surface area (Å²) >= 11 is 0. The number of anilines is 2. The summed E-state index contributed by atoms with van der Waals surface area (Å²) in [7, 11) is 0. The van der Waals surface area contributed by atoms with Crippen molar-refractivity contribution >= 4 is 17.3 Å². The number of nitrogens with zero attached hydrogens (tertiary/aromatic N) is 4. The van der Waals surface area contributed by atoms with Gasteiger partial charge in [0.15, 0.2) is 0 Å². The van der Waals surface area contributed by atoms with Crippen LogP contribution in [0.25, 0.3) is 11.1 Å². The van der Waals surface area contributed by atoms with Crippen LogP contribution in [0, 0.1) is 13.8 Å². The molecule has 0 saturated carbocycles. The second kappa shape index (κ2) is 10.0. The first-order valence-electron chi connectivity index (χ1n) is 12.5. The molecule has 0 aliphatic carbocycles. The topological polar surface area (TPSA) is 60.3 Å². The van der Waals surface area contributed by atoms with Gasteiger partial charge in [-0.25, -0.2) is 0 Å². The fourth-order valence-electron chi connectivity index (χ4n) is 5.15. The molecule has 35 heavy (non-hydrogen) atoms. The second-order valence-corrected chi connectivity index (χ2v) is 9.31. The zero-order valence-electron chi connectivity index (χ0n) is 20.8. The highest BCUT2D eigenvalue weighted by atomic mass is 16.1. The zero-order chi connectivity index (χ0) is 24.4. The minimum absolute atomic E-state index is 0.150. The molecule has 1 amide bonds. The largest absolute Gasteiger partial charge is 0.369 e. The Morgan fingerprint density at radius 3 is 2.29 bits per heavy atom. The molecule has 6 heteroatoms. The Morgan fingerprint density at radius 1 is 0.886 bits per heavy atom. The molecule has 3 aromatic carbocycles. The van der Waals surface area contributed by atoms with Crippen molar-refractivity contribution in [2.75, 3.05) is 56.0 Å². The summed E-state index contributed by atoms with van der Waals surface area (Å²) in [6.45, 7) is 12.9. The van der Waals surface area contributed by atoms with Gasteiger partial charge in [0.2, 0.25) is 0 Å². The number of piperazine rings is 1. The summed E-state index contributed by atoms with van der Waals surface area (Å²) < 4.78 is 0. The normalized spacial score (nSPS) is 15.7. The predicted octanol–water partition coefficient (Wildman–Crippen LogP) is 3.62. The first-order chi connectivity index (χ1) is 17.0. The third-order valence-corrected chi connectivity index (χ3v) is 7.07. The molecule has 0 bridgehead atoms. The molecule has 0 radical (unpaired) electrons. The first kappa shape index (κ1) is 23.2. The lowest BCUT2D eigenvalue weighted by atomic mass is 9.94. The number of carbonyl (C=O) groups is 1. The quantitative estimate of drug-likeness (QED) is 0.624. The Hall–Kier alpha value is -3.51. The summed E-state index contributed by atoms with van der Waals surface area (Å²) in [6, 6.07) is 18.4. The first-order valence-corrected chi connectivity index (χ1v) is 12.5. The number of hydrogen-bond donors (Lipinski definition) is 1. The van der Waals surface area contributed by atoms with Crippen LogP contribution in [0.1, 0.15) is 28.4 Å². The van der Waals surface area contributed by atoms with Gasteiger partial charge < -0.3 is 15.1 Å². The highest BCUT2D eigenvalue weighted by Gasteiger charge is 2.19. The molecule has 2 aliphatic rings. The molecule has 2 heterocycles. The molecular formula is C29H33N5O. The zero-order valence-corrected chi connectivity index (χ0v) is 20.8. The van der Waals surface area contributed by atoms with E-state index in [-0.39, 0.29) is 5.91 Å². The summed E-state index contributed by atoms with van der Waals surface area (Å²) in [5.41, 5.74) is 7.12. The van der Waals surface area contributed by atoms with Gasteiger partial charge in [-0.15, -0.1) is 0 Å². The van der Waals surface area contributed by atoms with E-state index < -0.39 is 0 Å². The Labute approximate surface area is 207 Å². The Balaban J connectivity index is 1.44. The van der Waals surface area contributed by atoms with Gasteiger partial charge in [0, 0.05) is 43.1 Å². The third-order valence-electron chi connectivity index (χ3n) is 7.07. The average Bonchev–Trinajstić information content (AvgIpc) is 2.89. The molecule has 1 fully saturated rings.